The number of carbonyl (C=O) groups is 2. The van der Waals surface area contributed by atoms with Gasteiger partial charge in [0.2, 0.25) is 12.3 Å². The van der Waals surface area contributed by atoms with Crippen LogP contribution >= 0.6 is 0 Å². The molecule has 0 aliphatic rings. The van der Waals surface area contributed by atoms with Crippen LogP contribution in [0.3, 0.4) is 0 Å². The molecule has 0 saturated heterocycles. The van der Waals surface area contributed by atoms with Gasteiger partial charge in [-0.3, -0.25) is 14.4 Å². The molecule has 0 radical (unpaired) electrons. The van der Waals surface area contributed by atoms with Gasteiger partial charge in [0.1, 0.15) is 6.61 Å². The van der Waals surface area contributed by atoms with E-state index < -0.39 is 0 Å². The first-order chi connectivity index (χ1) is 15.3. The van der Waals surface area contributed by atoms with Crippen LogP contribution in [0.25, 0.3) is 10.8 Å². The lowest BCUT2D eigenvalue weighted by molar-refractivity contribution is -0.177. The van der Waals surface area contributed by atoms with Crippen LogP contribution in [-0.4, -0.2) is 30.5 Å². The molecule has 0 spiro atoms. The molecule has 1 N–H and O–H groups in total. The monoisotopic (exact) mass is 418 g/mol. The third-order valence-electron chi connectivity index (χ3n) is 5.22. The number of unbranched alkanes of at least 4 members (excludes halogenated alkanes) is 3. The zero-order valence-electron chi connectivity index (χ0n) is 17.8. The molecule has 0 heterocycles. The van der Waals surface area contributed by atoms with E-state index in [1.54, 1.807) is 0 Å². The van der Waals surface area contributed by atoms with Gasteiger partial charge in [0.05, 0.1) is 6.42 Å². The second-order valence-electron chi connectivity index (χ2n) is 7.58. The summed E-state index contributed by atoms with van der Waals surface area (Å²) in [5.41, 5.74) is 2.09. The smallest absolute Gasteiger partial charge is 0.233 e. The Hall–Kier alpha value is -3.18. The van der Waals surface area contributed by atoms with Crippen molar-refractivity contribution in [2.45, 2.75) is 38.7 Å². The van der Waals surface area contributed by atoms with Crippen molar-refractivity contribution < 1.29 is 14.4 Å². The topological polar surface area (TPSA) is 58.6 Å². The van der Waals surface area contributed by atoms with Gasteiger partial charge >= 0.3 is 0 Å². The summed E-state index contributed by atoms with van der Waals surface area (Å²) >= 11 is 0. The Morgan fingerprint density at radius 1 is 0.871 bits per heavy atom. The van der Waals surface area contributed by atoms with E-state index in [0.29, 0.717) is 26.1 Å². The average Bonchev–Trinajstić information content (AvgIpc) is 2.81. The number of hydrogen-bond acceptors (Lipinski definition) is 3. The summed E-state index contributed by atoms with van der Waals surface area (Å²) in [6.45, 7) is 1.64. The van der Waals surface area contributed by atoms with Crippen LogP contribution in [0.5, 0.6) is 0 Å². The molecule has 3 rings (SSSR count). The second kappa shape index (κ2) is 12.5. The normalized spacial score (nSPS) is 10.7. The molecular formula is C26H30N2O3. The number of fused-ring (bicyclic) bond motifs is 1. The fourth-order valence-corrected chi connectivity index (χ4v) is 3.54. The molecule has 3 aromatic rings. The molecule has 0 saturated carbocycles. The van der Waals surface area contributed by atoms with Crippen LogP contribution in [-0.2, 0) is 27.5 Å². The van der Waals surface area contributed by atoms with Crippen LogP contribution in [0, 0.1) is 0 Å². The SMILES string of the molecule is O=CN(CCCCCCNC(=O)Cc1cccc2ccccc12)OCc1ccccc1. The number of rotatable bonds is 13. The molecule has 0 aromatic heterocycles. The first-order valence-corrected chi connectivity index (χ1v) is 10.9. The third kappa shape index (κ3) is 7.54. The molecule has 5 heteroatoms. The van der Waals surface area contributed by atoms with Crippen LogP contribution < -0.4 is 5.32 Å². The standard InChI is InChI=1S/C26H30N2O3/c29-21-28(31-20-22-11-4-3-5-12-22)18-9-2-1-8-17-27-26(30)19-24-15-10-14-23-13-6-7-16-25(23)24/h3-7,10-16,21H,1-2,8-9,17-20H2,(H,27,30). The van der Waals surface area contributed by atoms with Gasteiger partial charge in [0.25, 0.3) is 0 Å². The Morgan fingerprint density at radius 2 is 1.61 bits per heavy atom. The molecule has 0 atom stereocenters. The third-order valence-corrected chi connectivity index (χ3v) is 5.22. The maximum absolute atomic E-state index is 12.3. The molecule has 5 nitrogen and oxygen atoms in total. The zero-order chi connectivity index (χ0) is 21.7. The largest absolute Gasteiger partial charge is 0.356 e. The number of hydrogen-bond donors (Lipinski definition) is 1. The van der Waals surface area contributed by atoms with Crippen molar-refractivity contribution in [1.82, 2.24) is 10.4 Å². The van der Waals surface area contributed by atoms with Crippen molar-refractivity contribution in [2.75, 3.05) is 13.1 Å². The predicted molar refractivity (Wildman–Crippen MR) is 123 cm³/mol. The highest BCUT2D eigenvalue weighted by atomic mass is 16.7. The van der Waals surface area contributed by atoms with Gasteiger partial charge in [-0.05, 0) is 34.7 Å². The summed E-state index contributed by atoms with van der Waals surface area (Å²) in [5.74, 6) is 0.0535. The van der Waals surface area contributed by atoms with Crippen molar-refractivity contribution in [3.05, 3.63) is 83.9 Å². The Bertz CT molecular complexity index is 954. The van der Waals surface area contributed by atoms with Crippen LogP contribution in [0.1, 0.15) is 36.8 Å². The Balaban J connectivity index is 1.27. The molecule has 3 aromatic carbocycles. The van der Waals surface area contributed by atoms with E-state index in [1.165, 1.54) is 5.06 Å². The van der Waals surface area contributed by atoms with E-state index >= 15 is 0 Å². The quantitative estimate of drug-likeness (QED) is 0.250. The Kier molecular flexibility index (Phi) is 9.07. The maximum Gasteiger partial charge on any atom is 0.233 e. The molecule has 31 heavy (non-hydrogen) atoms. The zero-order valence-corrected chi connectivity index (χ0v) is 17.8. The van der Waals surface area contributed by atoms with Gasteiger partial charge in [-0.25, -0.2) is 5.06 Å². The van der Waals surface area contributed by atoms with Gasteiger partial charge in [-0.1, -0.05) is 85.6 Å². The van der Waals surface area contributed by atoms with Crippen LogP contribution in [0.2, 0.25) is 0 Å². The van der Waals surface area contributed by atoms with Gasteiger partial charge in [0.15, 0.2) is 0 Å². The molecule has 0 unspecified atom stereocenters. The summed E-state index contributed by atoms with van der Waals surface area (Å²) in [6.07, 6.45) is 4.91. The lowest BCUT2D eigenvalue weighted by Crippen LogP contribution is -2.26. The van der Waals surface area contributed by atoms with E-state index in [1.807, 2.05) is 54.6 Å². The van der Waals surface area contributed by atoms with Gasteiger partial charge < -0.3 is 5.32 Å². The lowest BCUT2D eigenvalue weighted by atomic mass is 10.0. The number of benzene rings is 3. The van der Waals surface area contributed by atoms with Gasteiger partial charge in [0, 0.05) is 13.1 Å². The summed E-state index contributed by atoms with van der Waals surface area (Å²) in [4.78, 5) is 29.0. The molecule has 0 aliphatic carbocycles. The van der Waals surface area contributed by atoms with Crippen LogP contribution in [0.15, 0.2) is 72.8 Å². The maximum atomic E-state index is 12.3. The molecule has 0 aliphatic heterocycles. The van der Waals surface area contributed by atoms with Crippen molar-refractivity contribution >= 4 is 23.1 Å². The highest BCUT2D eigenvalue weighted by molar-refractivity contribution is 5.90. The first kappa shape index (κ1) is 22.5. The summed E-state index contributed by atoms with van der Waals surface area (Å²) in [6, 6.07) is 24.0. The van der Waals surface area contributed by atoms with Crippen molar-refractivity contribution in [2.24, 2.45) is 0 Å². The van der Waals surface area contributed by atoms with Crippen molar-refractivity contribution in [1.29, 1.82) is 0 Å². The van der Waals surface area contributed by atoms with E-state index in [9.17, 15) is 9.59 Å². The van der Waals surface area contributed by atoms with Crippen molar-refractivity contribution in [3.63, 3.8) is 0 Å². The minimum atomic E-state index is 0.0535. The van der Waals surface area contributed by atoms with E-state index in [4.69, 9.17) is 4.84 Å². The minimum absolute atomic E-state index is 0.0535. The number of carbonyl (C=O) groups excluding carboxylic acids is 2. The number of hydroxylamine groups is 2. The van der Waals surface area contributed by atoms with Crippen molar-refractivity contribution in [3.8, 4) is 0 Å². The van der Waals surface area contributed by atoms with Gasteiger partial charge in [-0.15, -0.1) is 0 Å². The summed E-state index contributed by atoms with van der Waals surface area (Å²) < 4.78 is 0. The first-order valence-electron chi connectivity index (χ1n) is 10.9. The van der Waals surface area contributed by atoms with Crippen LogP contribution in [0.4, 0.5) is 0 Å². The van der Waals surface area contributed by atoms with Gasteiger partial charge in [-0.2, -0.15) is 0 Å². The number of nitrogens with zero attached hydrogens (tertiary/aromatic N) is 1. The number of amides is 2. The summed E-state index contributed by atoms with van der Waals surface area (Å²) in [7, 11) is 0. The molecule has 162 valence electrons. The molecular weight excluding hydrogens is 388 g/mol. The van der Waals surface area contributed by atoms with E-state index in [0.717, 1.165) is 54.0 Å². The minimum Gasteiger partial charge on any atom is -0.356 e. The number of nitrogens with one attached hydrogen (secondary N) is 1. The fourth-order valence-electron chi connectivity index (χ4n) is 3.54. The lowest BCUT2D eigenvalue weighted by Gasteiger charge is -2.16. The summed E-state index contributed by atoms with van der Waals surface area (Å²) in [5, 5.41) is 6.67. The second-order valence-corrected chi connectivity index (χ2v) is 7.58. The Morgan fingerprint density at radius 3 is 2.45 bits per heavy atom. The fraction of sp³-hybridized carbons (Fsp3) is 0.308. The highest BCUT2D eigenvalue weighted by Gasteiger charge is 2.07. The van der Waals surface area contributed by atoms with E-state index in [2.05, 4.69) is 23.5 Å². The van der Waals surface area contributed by atoms with E-state index in [-0.39, 0.29) is 5.91 Å². The molecule has 0 fully saturated rings. The molecule has 2 amide bonds. The predicted octanol–water partition coefficient (Wildman–Crippen LogP) is 4.65. The molecule has 0 bridgehead atoms. The average molecular weight is 419 g/mol. The Labute approximate surface area is 184 Å². The highest BCUT2D eigenvalue weighted by Crippen LogP contribution is 2.18.